The molecule has 6 nitrogen and oxygen atoms in total. The predicted molar refractivity (Wildman–Crippen MR) is 80.3 cm³/mol. The largest absolute Gasteiger partial charge is 0.393 e. The Morgan fingerprint density at radius 1 is 1.24 bits per heavy atom. The fourth-order valence-electron chi connectivity index (χ4n) is 2.50. The molecule has 0 unspecified atom stereocenters. The number of rotatable bonds is 1. The van der Waals surface area contributed by atoms with Crippen LogP contribution in [-0.2, 0) is 12.8 Å². The molecule has 1 aromatic heterocycles. The molecule has 21 heavy (non-hydrogen) atoms. The molecule has 106 valence electrons. The molecule has 3 rings (SSSR count). The monoisotopic (exact) mass is 347 g/mol. The second kappa shape index (κ2) is 4.92. The molecule has 0 aliphatic heterocycles. The van der Waals surface area contributed by atoms with Crippen molar-refractivity contribution in [2.45, 2.75) is 12.8 Å². The number of aryl methyl sites for hydroxylation is 2. The van der Waals surface area contributed by atoms with E-state index < -0.39 is 4.92 Å². The highest BCUT2D eigenvalue weighted by Crippen LogP contribution is 2.31. The number of nitrogen functional groups attached to an aromatic ring is 1. The summed E-state index contributed by atoms with van der Waals surface area (Å²) in [5, 5.41) is 11.0. The van der Waals surface area contributed by atoms with Gasteiger partial charge in [0.15, 0.2) is 0 Å². The summed E-state index contributed by atoms with van der Waals surface area (Å²) in [6.07, 6.45) is 2.78. The lowest BCUT2D eigenvalue weighted by Crippen LogP contribution is -2.08. The third-order valence-electron chi connectivity index (χ3n) is 3.51. The highest BCUT2D eigenvalue weighted by Gasteiger charge is 2.26. The quantitative estimate of drug-likeness (QED) is 0.485. The molecular formula is C14H10BrN3O3. The molecule has 0 saturated heterocycles. The lowest BCUT2D eigenvalue weighted by atomic mass is 10.00. The van der Waals surface area contributed by atoms with E-state index >= 15 is 0 Å². The van der Waals surface area contributed by atoms with Gasteiger partial charge in [0.1, 0.15) is 11.4 Å². The predicted octanol–water partition coefficient (Wildman–Crippen LogP) is 2.66. The molecule has 0 amide bonds. The molecule has 0 saturated carbocycles. The number of carbonyl (C=O) groups is 1. The number of benzene rings is 1. The van der Waals surface area contributed by atoms with Crippen LogP contribution in [0.5, 0.6) is 0 Å². The van der Waals surface area contributed by atoms with Crippen molar-refractivity contribution in [3.8, 4) is 0 Å². The van der Waals surface area contributed by atoms with Crippen molar-refractivity contribution in [3.05, 3.63) is 61.4 Å². The van der Waals surface area contributed by atoms with E-state index in [0.717, 1.165) is 15.6 Å². The number of hydrogen-bond donors (Lipinski definition) is 1. The van der Waals surface area contributed by atoms with Gasteiger partial charge < -0.3 is 5.73 Å². The first-order valence-corrected chi connectivity index (χ1v) is 7.02. The van der Waals surface area contributed by atoms with Gasteiger partial charge >= 0.3 is 0 Å². The van der Waals surface area contributed by atoms with Gasteiger partial charge in [-0.05, 0) is 52.0 Å². The standard InChI is InChI=1S/C14H10BrN3O3/c15-9-3-8-2-1-7-4-11(16)12(18(20)21)5-10(7)14(19)13(8)17-6-9/h3-6H,1-2,16H2. The van der Waals surface area contributed by atoms with Crippen molar-refractivity contribution in [1.82, 2.24) is 4.98 Å². The smallest absolute Gasteiger partial charge is 0.292 e. The van der Waals surface area contributed by atoms with Gasteiger partial charge in [0, 0.05) is 22.3 Å². The maximum Gasteiger partial charge on any atom is 0.292 e. The maximum atomic E-state index is 12.6. The average molecular weight is 348 g/mol. The van der Waals surface area contributed by atoms with Crippen LogP contribution in [0, 0.1) is 10.1 Å². The van der Waals surface area contributed by atoms with Crippen LogP contribution in [0.3, 0.4) is 0 Å². The first kappa shape index (κ1) is 13.7. The fourth-order valence-corrected chi connectivity index (χ4v) is 2.88. The maximum absolute atomic E-state index is 12.6. The first-order valence-electron chi connectivity index (χ1n) is 6.23. The molecule has 1 heterocycles. The summed E-state index contributed by atoms with van der Waals surface area (Å²) in [5.41, 5.74) is 7.72. The average Bonchev–Trinajstić information content (AvgIpc) is 2.55. The van der Waals surface area contributed by atoms with Crippen molar-refractivity contribution >= 4 is 33.1 Å². The van der Waals surface area contributed by atoms with E-state index in [1.54, 1.807) is 6.20 Å². The van der Waals surface area contributed by atoms with Gasteiger partial charge in [-0.15, -0.1) is 0 Å². The number of hydrogen-bond acceptors (Lipinski definition) is 5. The third-order valence-corrected chi connectivity index (χ3v) is 3.94. The van der Waals surface area contributed by atoms with Gasteiger partial charge in [0.2, 0.25) is 5.78 Å². The van der Waals surface area contributed by atoms with Gasteiger partial charge in [0.05, 0.1) is 4.92 Å². The minimum atomic E-state index is -0.580. The lowest BCUT2D eigenvalue weighted by Gasteiger charge is -2.06. The van der Waals surface area contributed by atoms with Gasteiger partial charge in [-0.25, -0.2) is 0 Å². The van der Waals surface area contributed by atoms with Crippen molar-refractivity contribution in [1.29, 1.82) is 0 Å². The number of carbonyl (C=O) groups excluding carboxylic acids is 1. The molecular weight excluding hydrogens is 338 g/mol. The van der Waals surface area contributed by atoms with Crippen LogP contribution in [-0.4, -0.2) is 15.7 Å². The summed E-state index contributed by atoms with van der Waals surface area (Å²) >= 11 is 3.33. The Morgan fingerprint density at radius 3 is 2.67 bits per heavy atom. The van der Waals surface area contributed by atoms with Crippen LogP contribution < -0.4 is 5.73 Å². The molecule has 2 N–H and O–H groups in total. The van der Waals surface area contributed by atoms with Crippen LogP contribution in [0.1, 0.15) is 27.2 Å². The van der Waals surface area contributed by atoms with E-state index in [9.17, 15) is 14.9 Å². The molecule has 7 heteroatoms. The highest BCUT2D eigenvalue weighted by atomic mass is 79.9. The Kier molecular flexibility index (Phi) is 3.21. The van der Waals surface area contributed by atoms with Crippen LogP contribution >= 0.6 is 15.9 Å². The number of nitro benzene ring substituents is 1. The number of nitro groups is 1. The summed E-state index contributed by atoms with van der Waals surface area (Å²) in [5.74, 6) is -0.298. The van der Waals surface area contributed by atoms with Gasteiger partial charge in [-0.1, -0.05) is 0 Å². The summed E-state index contributed by atoms with van der Waals surface area (Å²) < 4.78 is 0.797. The van der Waals surface area contributed by atoms with E-state index in [1.165, 1.54) is 12.1 Å². The molecule has 1 aliphatic rings. The van der Waals surface area contributed by atoms with Crippen molar-refractivity contribution < 1.29 is 9.72 Å². The van der Waals surface area contributed by atoms with Gasteiger partial charge in [0.25, 0.3) is 5.69 Å². The summed E-state index contributed by atoms with van der Waals surface area (Å²) in [6.45, 7) is 0. The minimum Gasteiger partial charge on any atom is -0.393 e. The zero-order valence-electron chi connectivity index (χ0n) is 10.8. The lowest BCUT2D eigenvalue weighted by molar-refractivity contribution is -0.383. The van der Waals surface area contributed by atoms with Gasteiger partial charge in [-0.3, -0.25) is 19.9 Å². The van der Waals surface area contributed by atoms with Crippen LogP contribution in [0.15, 0.2) is 28.9 Å². The normalized spacial score (nSPS) is 13.3. The summed E-state index contributed by atoms with van der Waals surface area (Å²) in [4.78, 5) is 27.1. The molecule has 0 spiro atoms. The fraction of sp³-hybridized carbons (Fsp3) is 0.143. The highest BCUT2D eigenvalue weighted by molar-refractivity contribution is 9.10. The summed E-state index contributed by atoms with van der Waals surface area (Å²) in [7, 11) is 0. The van der Waals surface area contributed by atoms with Crippen LogP contribution in [0.4, 0.5) is 11.4 Å². The zero-order chi connectivity index (χ0) is 15.1. The van der Waals surface area contributed by atoms with E-state index in [1.807, 2.05) is 6.07 Å². The number of pyridine rings is 1. The Balaban J connectivity index is 2.20. The second-order valence-electron chi connectivity index (χ2n) is 4.82. The van der Waals surface area contributed by atoms with E-state index in [0.29, 0.717) is 24.1 Å². The van der Waals surface area contributed by atoms with E-state index in [2.05, 4.69) is 20.9 Å². The number of nitrogens with zero attached hydrogens (tertiary/aromatic N) is 2. The van der Waals surface area contributed by atoms with Gasteiger partial charge in [-0.2, -0.15) is 0 Å². The summed E-state index contributed by atoms with van der Waals surface area (Å²) in [6, 6.07) is 4.63. The van der Waals surface area contributed by atoms with E-state index in [-0.39, 0.29) is 17.2 Å². The first-order chi connectivity index (χ1) is 9.97. The number of nitrogens with two attached hydrogens (primary N) is 1. The SMILES string of the molecule is Nc1cc2c(cc1[N+](=O)[O-])C(=O)c1ncc(Br)cc1CC2. The molecule has 1 aromatic carbocycles. The number of fused-ring (bicyclic) bond motifs is 2. The van der Waals surface area contributed by atoms with Crippen LogP contribution in [0.2, 0.25) is 0 Å². The number of aromatic nitrogens is 1. The van der Waals surface area contributed by atoms with Crippen molar-refractivity contribution in [2.24, 2.45) is 0 Å². The molecule has 0 atom stereocenters. The Bertz CT molecular complexity index is 789. The number of anilines is 1. The number of ketones is 1. The molecule has 1 aliphatic carbocycles. The number of halogens is 1. The zero-order valence-corrected chi connectivity index (χ0v) is 12.4. The molecule has 0 bridgehead atoms. The topological polar surface area (TPSA) is 99.1 Å². The Morgan fingerprint density at radius 2 is 1.95 bits per heavy atom. The van der Waals surface area contributed by atoms with Crippen molar-refractivity contribution in [2.75, 3.05) is 5.73 Å². The minimum absolute atomic E-state index is 0.0756. The second-order valence-corrected chi connectivity index (χ2v) is 5.73. The molecule has 0 radical (unpaired) electrons. The Hall–Kier alpha value is -2.28. The Labute approximate surface area is 128 Å². The molecule has 2 aromatic rings. The van der Waals surface area contributed by atoms with Crippen molar-refractivity contribution in [3.63, 3.8) is 0 Å². The van der Waals surface area contributed by atoms with E-state index in [4.69, 9.17) is 5.73 Å². The molecule has 0 fully saturated rings. The third kappa shape index (κ3) is 2.29. The van der Waals surface area contributed by atoms with Crippen LogP contribution in [0.25, 0.3) is 0 Å².